The molecule has 3 heteroatoms. The van der Waals surface area contributed by atoms with Crippen molar-refractivity contribution in [3.63, 3.8) is 0 Å². The lowest BCUT2D eigenvalue weighted by Gasteiger charge is -2.08. The monoisotopic (exact) mass is 254 g/mol. The summed E-state index contributed by atoms with van der Waals surface area (Å²) in [7, 11) is 0. The molecule has 0 aliphatic heterocycles. The summed E-state index contributed by atoms with van der Waals surface area (Å²) in [6.45, 7) is 5.97. The van der Waals surface area contributed by atoms with Gasteiger partial charge in [0.2, 0.25) is 0 Å². The Balaban J connectivity index is 2.47. The lowest BCUT2D eigenvalue weighted by Crippen LogP contribution is -1.94. The minimum Gasteiger partial charge on any atom is -0.245 e. The lowest BCUT2D eigenvalue weighted by molar-refractivity contribution is 1.03. The number of benzene rings is 1. The molecule has 90 valence electrons. The van der Waals surface area contributed by atoms with Gasteiger partial charge >= 0.3 is 0 Å². The molecule has 0 N–H and O–H groups in total. The minimum absolute atomic E-state index is 0.675. The van der Waals surface area contributed by atoms with Gasteiger partial charge in [-0.1, -0.05) is 30.0 Å². The standard InChI is InChI=1S/C15H14N2S/c1-10-6-4-5-7-14(10)18-15-13(9-16)11(2)8-12(3)17-15/h4-8H,1-3H3. The zero-order valence-electron chi connectivity index (χ0n) is 10.7. The van der Waals surface area contributed by atoms with Gasteiger partial charge in [-0.05, 0) is 44.0 Å². The molecule has 1 aromatic carbocycles. The van der Waals surface area contributed by atoms with Crippen LogP contribution in [0.15, 0.2) is 40.3 Å². The normalized spacial score (nSPS) is 10.1. The summed E-state index contributed by atoms with van der Waals surface area (Å²) in [4.78, 5) is 5.63. The van der Waals surface area contributed by atoms with Crippen molar-refractivity contribution in [2.45, 2.75) is 30.7 Å². The predicted molar refractivity (Wildman–Crippen MR) is 73.7 cm³/mol. The van der Waals surface area contributed by atoms with Crippen LogP contribution in [0.3, 0.4) is 0 Å². The summed E-state index contributed by atoms with van der Waals surface area (Å²) in [5.41, 5.74) is 3.81. The Labute approximate surface area is 112 Å². The largest absolute Gasteiger partial charge is 0.245 e. The van der Waals surface area contributed by atoms with E-state index in [2.05, 4.69) is 30.1 Å². The summed E-state index contributed by atoms with van der Waals surface area (Å²) < 4.78 is 0. The van der Waals surface area contributed by atoms with Crippen LogP contribution in [0.2, 0.25) is 0 Å². The Morgan fingerprint density at radius 1 is 1.11 bits per heavy atom. The topological polar surface area (TPSA) is 36.7 Å². The van der Waals surface area contributed by atoms with E-state index in [4.69, 9.17) is 0 Å². The van der Waals surface area contributed by atoms with E-state index in [-0.39, 0.29) is 0 Å². The van der Waals surface area contributed by atoms with Gasteiger partial charge in [0, 0.05) is 10.6 Å². The zero-order chi connectivity index (χ0) is 13.1. The molecule has 0 saturated heterocycles. The molecule has 0 aliphatic carbocycles. The van der Waals surface area contributed by atoms with E-state index in [1.807, 2.05) is 32.0 Å². The third-order valence-corrected chi connectivity index (χ3v) is 3.89. The molecule has 0 spiro atoms. The highest BCUT2D eigenvalue weighted by molar-refractivity contribution is 7.99. The number of nitrogens with zero attached hydrogens (tertiary/aromatic N) is 2. The van der Waals surface area contributed by atoms with Crippen LogP contribution < -0.4 is 0 Å². The first-order chi connectivity index (χ1) is 8.61. The van der Waals surface area contributed by atoms with Gasteiger partial charge < -0.3 is 0 Å². The molecule has 0 bridgehead atoms. The maximum atomic E-state index is 9.23. The molecular formula is C15H14N2S. The highest BCUT2D eigenvalue weighted by atomic mass is 32.2. The van der Waals surface area contributed by atoms with Crippen LogP contribution in [0.5, 0.6) is 0 Å². The maximum absolute atomic E-state index is 9.23. The highest BCUT2D eigenvalue weighted by Crippen LogP contribution is 2.32. The van der Waals surface area contributed by atoms with E-state index in [0.29, 0.717) is 5.56 Å². The maximum Gasteiger partial charge on any atom is 0.119 e. The average Bonchev–Trinajstić information content (AvgIpc) is 2.31. The lowest BCUT2D eigenvalue weighted by atomic mass is 10.1. The van der Waals surface area contributed by atoms with Gasteiger partial charge in [0.05, 0.1) is 5.56 Å². The molecular weight excluding hydrogens is 240 g/mol. The van der Waals surface area contributed by atoms with E-state index in [1.54, 1.807) is 11.8 Å². The molecule has 0 unspecified atom stereocenters. The third kappa shape index (κ3) is 2.55. The second-order valence-electron chi connectivity index (χ2n) is 4.24. The van der Waals surface area contributed by atoms with Crippen molar-refractivity contribution in [2.75, 3.05) is 0 Å². The molecule has 0 fully saturated rings. The Bertz CT molecular complexity index is 627. The number of hydrogen-bond acceptors (Lipinski definition) is 3. The van der Waals surface area contributed by atoms with Crippen LogP contribution in [0.1, 0.15) is 22.4 Å². The number of rotatable bonds is 2. The average molecular weight is 254 g/mol. The first-order valence-corrected chi connectivity index (χ1v) is 6.55. The molecule has 2 nitrogen and oxygen atoms in total. The van der Waals surface area contributed by atoms with Crippen molar-refractivity contribution in [3.05, 3.63) is 52.7 Å². The quantitative estimate of drug-likeness (QED) is 0.812. The summed E-state index contributed by atoms with van der Waals surface area (Å²) in [5.74, 6) is 0. The van der Waals surface area contributed by atoms with Crippen molar-refractivity contribution in [3.8, 4) is 6.07 Å². The minimum atomic E-state index is 0.675. The number of nitriles is 1. The molecule has 18 heavy (non-hydrogen) atoms. The number of aryl methyl sites for hydroxylation is 3. The van der Waals surface area contributed by atoms with Gasteiger partial charge in [0.25, 0.3) is 0 Å². The predicted octanol–water partition coefficient (Wildman–Crippen LogP) is 4.03. The number of aromatic nitrogens is 1. The van der Waals surface area contributed by atoms with Crippen LogP contribution in [-0.2, 0) is 0 Å². The first kappa shape index (κ1) is 12.7. The van der Waals surface area contributed by atoms with Gasteiger partial charge in [-0.25, -0.2) is 4.98 Å². The Morgan fingerprint density at radius 2 is 1.83 bits per heavy atom. The number of hydrogen-bond donors (Lipinski definition) is 0. The molecule has 0 atom stereocenters. The van der Waals surface area contributed by atoms with Crippen LogP contribution >= 0.6 is 11.8 Å². The molecule has 1 aromatic heterocycles. The van der Waals surface area contributed by atoms with Crippen LogP contribution in [0, 0.1) is 32.1 Å². The smallest absolute Gasteiger partial charge is 0.119 e. The van der Waals surface area contributed by atoms with E-state index >= 15 is 0 Å². The van der Waals surface area contributed by atoms with Gasteiger partial charge in [0.1, 0.15) is 11.1 Å². The van der Waals surface area contributed by atoms with E-state index in [0.717, 1.165) is 21.2 Å². The second-order valence-corrected chi connectivity index (χ2v) is 5.27. The Kier molecular flexibility index (Phi) is 3.69. The van der Waals surface area contributed by atoms with E-state index in [9.17, 15) is 5.26 Å². The molecule has 2 rings (SSSR count). The van der Waals surface area contributed by atoms with Gasteiger partial charge in [0.15, 0.2) is 0 Å². The van der Waals surface area contributed by atoms with Gasteiger partial charge in [-0.15, -0.1) is 0 Å². The van der Waals surface area contributed by atoms with Crippen molar-refractivity contribution in [1.29, 1.82) is 5.26 Å². The van der Waals surface area contributed by atoms with E-state index < -0.39 is 0 Å². The van der Waals surface area contributed by atoms with E-state index in [1.165, 1.54) is 5.56 Å². The van der Waals surface area contributed by atoms with Crippen molar-refractivity contribution >= 4 is 11.8 Å². The molecule has 0 aliphatic rings. The van der Waals surface area contributed by atoms with Crippen molar-refractivity contribution in [2.24, 2.45) is 0 Å². The molecule has 0 radical (unpaired) electrons. The Morgan fingerprint density at radius 3 is 2.50 bits per heavy atom. The fourth-order valence-corrected chi connectivity index (χ4v) is 2.87. The fourth-order valence-electron chi connectivity index (χ4n) is 1.79. The van der Waals surface area contributed by atoms with Crippen LogP contribution in [-0.4, -0.2) is 4.98 Å². The van der Waals surface area contributed by atoms with Gasteiger partial charge in [-0.3, -0.25) is 0 Å². The summed E-state index contributed by atoms with van der Waals surface area (Å²) in [5, 5.41) is 10.0. The van der Waals surface area contributed by atoms with Gasteiger partial charge in [-0.2, -0.15) is 5.26 Å². The SMILES string of the molecule is Cc1cc(C)c(C#N)c(Sc2ccccc2C)n1. The van der Waals surface area contributed by atoms with Crippen molar-refractivity contribution in [1.82, 2.24) is 4.98 Å². The fraction of sp³-hybridized carbons (Fsp3) is 0.200. The van der Waals surface area contributed by atoms with Crippen molar-refractivity contribution < 1.29 is 0 Å². The van der Waals surface area contributed by atoms with Crippen LogP contribution in [0.25, 0.3) is 0 Å². The Hall–Kier alpha value is -1.79. The summed E-state index contributed by atoms with van der Waals surface area (Å²) in [6.07, 6.45) is 0. The summed E-state index contributed by atoms with van der Waals surface area (Å²) >= 11 is 1.56. The summed E-state index contributed by atoms with van der Waals surface area (Å²) in [6, 6.07) is 12.3. The molecule has 0 amide bonds. The van der Waals surface area contributed by atoms with Crippen LogP contribution in [0.4, 0.5) is 0 Å². The zero-order valence-corrected chi connectivity index (χ0v) is 11.5. The third-order valence-electron chi connectivity index (χ3n) is 2.72. The second kappa shape index (κ2) is 5.24. The molecule has 2 aromatic rings. The number of pyridine rings is 1. The molecule has 0 saturated carbocycles. The molecule has 1 heterocycles. The highest BCUT2D eigenvalue weighted by Gasteiger charge is 2.10. The first-order valence-electron chi connectivity index (χ1n) is 5.73.